The molecule has 0 aliphatic heterocycles. The lowest BCUT2D eigenvalue weighted by Crippen LogP contribution is -2.13. The third-order valence-corrected chi connectivity index (χ3v) is 4.91. The minimum atomic E-state index is -1.03. The third-order valence-electron chi connectivity index (χ3n) is 4.91. The molecule has 0 radical (unpaired) electrons. The first-order valence-electron chi connectivity index (χ1n) is 9.38. The van der Waals surface area contributed by atoms with Crippen molar-refractivity contribution in [1.29, 1.82) is 0 Å². The summed E-state index contributed by atoms with van der Waals surface area (Å²) >= 11 is 0. The number of anilines is 1. The number of fused-ring (bicyclic) bond motifs is 2. The Morgan fingerprint density at radius 2 is 1.86 bits per heavy atom. The van der Waals surface area contributed by atoms with Crippen LogP contribution in [0.15, 0.2) is 57.7 Å². The molecule has 2 N–H and O–H groups in total. The highest BCUT2D eigenvalue weighted by molar-refractivity contribution is 5.95. The predicted molar refractivity (Wildman–Crippen MR) is 111 cm³/mol. The molecule has 6 heteroatoms. The first-order valence-corrected chi connectivity index (χ1v) is 9.38. The number of hydrogen-bond acceptors (Lipinski definition) is 4. The molecule has 3 aromatic rings. The van der Waals surface area contributed by atoms with Crippen molar-refractivity contribution in [2.24, 2.45) is 0 Å². The van der Waals surface area contributed by atoms with Crippen LogP contribution in [0.4, 0.5) is 5.69 Å². The van der Waals surface area contributed by atoms with Gasteiger partial charge in [-0.3, -0.25) is 14.4 Å². The van der Waals surface area contributed by atoms with Gasteiger partial charge in [-0.05, 0) is 42.2 Å². The molecule has 1 amide bonds. The second-order valence-corrected chi connectivity index (χ2v) is 6.97. The van der Waals surface area contributed by atoms with Crippen LogP contribution in [-0.2, 0) is 16.0 Å². The summed E-state index contributed by atoms with van der Waals surface area (Å²) in [6.45, 7) is 0. The normalized spacial score (nSPS) is 14.1. The standard InChI is InChI=1S/C23H19NO5/c25-20(10-11-21(26)27)24-16-7-9-17-19(13-16)29-23-15(6-8-18(23)22(17)28)12-14-4-2-1-3-5-14/h1-5,7,9,12-13H,6,8,10-11H2,(H,24,25)(H,26,27). The minimum Gasteiger partial charge on any atom is -0.481 e. The first-order chi connectivity index (χ1) is 14.0. The van der Waals surface area contributed by atoms with Crippen LogP contribution in [0, 0.1) is 0 Å². The number of hydrogen-bond donors (Lipinski definition) is 2. The Bertz CT molecular complexity index is 1190. The molecule has 146 valence electrons. The number of carbonyl (C=O) groups excluding carboxylic acids is 1. The number of nitrogens with one attached hydrogen (secondary N) is 1. The predicted octanol–water partition coefficient (Wildman–Crippen LogP) is 4.08. The van der Waals surface area contributed by atoms with Crippen molar-refractivity contribution in [3.8, 4) is 0 Å². The van der Waals surface area contributed by atoms with Crippen LogP contribution in [0.5, 0.6) is 0 Å². The van der Waals surface area contributed by atoms with E-state index in [2.05, 4.69) is 5.32 Å². The van der Waals surface area contributed by atoms with E-state index in [4.69, 9.17) is 9.52 Å². The van der Waals surface area contributed by atoms with E-state index in [0.717, 1.165) is 17.6 Å². The summed E-state index contributed by atoms with van der Waals surface area (Å²) in [5, 5.41) is 11.8. The molecule has 0 spiro atoms. The summed E-state index contributed by atoms with van der Waals surface area (Å²) in [6.07, 6.45) is 3.04. The Morgan fingerprint density at radius 1 is 1.07 bits per heavy atom. The highest BCUT2D eigenvalue weighted by Crippen LogP contribution is 2.34. The van der Waals surface area contributed by atoms with Crippen LogP contribution in [0.25, 0.3) is 22.6 Å². The van der Waals surface area contributed by atoms with Crippen LogP contribution in [-0.4, -0.2) is 17.0 Å². The van der Waals surface area contributed by atoms with Gasteiger partial charge >= 0.3 is 5.97 Å². The van der Waals surface area contributed by atoms with Crippen LogP contribution in [0.1, 0.15) is 36.1 Å². The molecule has 0 bridgehead atoms. The molecule has 0 atom stereocenters. The monoisotopic (exact) mass is 389 g/mol. The van der Waals surface area contributed by atoms with Gasteiger partial charge in [-0.2, -0.15) is 0 Å². The highest BCUT2D eigenvalue weighted by atomic mass is 16.4. The van der Waals surface area contributed by atoms with E-state index >= 15 is 0 Å². The van der Waals surface area contributed by atoms with Crippen molar-refractivity contribution >= 4 is 40.2 Å². The molecule has 0 fully saturated rings. The van der Waals surface area contributed by atoms with Gasteiger partial charge in [-0.1, -0.05) is 30.3 Å². The molecule has 1 aromatic heterocycles. The molecule has 2 aromatic carbocycles. The van der Waals surface area contributed by atoms with Crippen LogP contribution in [0.2, 0.25) is 0 Å². The number of allylic oxidation sites excluding steroid dienone is 1. The van der Waals surface area contributed by atoms with Gasteiger partial charge in [0.15, 0.2) is 5.43 Å². The number of benzene rings is 2. The molecular formula is C23H19NO5. The topological polar surface area (TPSA) is 96.6 Å². The molecular weight excluding hydrogens is 370 g/mol. The van der Waals surface area contributed by atoms with E-state index in [1.807, 2.05) is 36.4 Å². The van der Waals surface area contributed by atoms with Gasteiger partial charge in [0.05, 0.1) is 11.8 Å². The Kier molecular flexibility index (Phi) is 4.99. The van der Waals surface area contributed by atoms with Crippen molar-refractivity contribution in [3.63, 3.8) is 0 Å². The maximum atomic E-state index is 12.9. The van der Waals surface area contributed by atoms with Crippen molar-refractivity contribution in [3.05, 3.63) is 75.6 Å². The molecule has 0 saturated heterocycles. The van der Waals surface area contributed by atoms with Crippen molar-refractivity contribution in [1.82, 2.24) is 0 Å². The summed E-state index contributed by atoms with van der Waals surface area (Å²) in [4.78, 5) is 35.4. The van der Waals surface area contributed by atoms with Gasteiger partial charge in [-0.25, -0.2) is 0 Å². The zero-order valence-corrected chi connectivity index (χ0v) is 15.6. The smallest absolute Gasteiger partial charge is 0.303 e. The van der Waals surface area contributed by atoms with Gasteiger partial charge < -0.3 is 14.8 Å². The Hall–Kier alpha value is -3.67. The summed E-state index contributed by atoms with van der Waals surface area (Å²) in [6, 6.07) is 14.7. The molecule has 0 unspecified atom stereocenters. The second kappa shape index (κ2) is 7.75. The van der Waals surface area contributed by atoms with E-state index in [1.165, 1.54) is 0 Å². The number of carbonyl (C=O) groups is 2. The fraction of sp³-hybridized carbons (Fsp3) is 0.174. The molecule has 0 saturated carbocycles. The SMILES string of the molecule is O=C(O)CCC(=O)Nc1ccc2c(=O)c3c(oc2c1)C(=Cc1ccccc1)CC3. The van der Waals surface area contributed by atoms with Crippen molar-refractivity contribution < 1.29 is 19.1 Å². The van der Waals surface area contributed by atoms with Crippen molar-refractivity contribution in [2.75, 3.05) is 5.32 Å². The Labute approximate surface area is 166 Å². The van der Waals surface area contributed by atoms with Gasteiger partial charge in [-0.15, -0.1) is 0 Å². The first kappa shape index (κ1) is 18.7. The molecule has 4 rings (SSSR count). The molecule has 1 heterocycles. The zero-order valence-electron chi connectivity index (χ0n) is 15.6. The lowest BCUT2D eigenvalue weighted by molar-refractivity contribution is -0.138. The average Bonchev–Trinajstić information content (AvgIpc) is 3.10. The van der Waals surface area contributed by atoms with E-state index in [-0.39, 0.29) is 18.3 Å². The molecule has 6 nitrogen and oxygen atoms in total. The maximum Gasteiger partial charge on any atom is 0.303 e. The average molecular weight is 389 g/mol. The lowest BCUT2D eigenvalue weighted by atomic mass is 10.1. The summed E-state index contributed by atoms with van der Waals surface area (Å²) < 4.78 is 6.08. The van der Waals surface area contributed by atoms with Crippen molar-refractivity contribution in [2.45, 2.75) is 25.7 Å². The fourth-order valence-electron chi connectivity index (χ4n) is 3.50. The van der Waals surface area contributed by atoms with E-state index in [0.29, 0.717) is 34.4 Å². The quantitative estimate of drug-likeness (QED) is 0.685. The van der Waals surface area contributed by atoms with E-state index in [1.54, 1.807) is 18.2 Å². The fourth-order valence-corrected chi connectivity index (χ4v) is 3.50. The zero-order chi connectivity index (χ0) is 20.4. The van der Waals surface area contributed by atoms with Gasteiger partial charge in [0.1, 0.15) is 11.3 Å². The minimum absolute atomic E-state index is 0.0542. The number of carboxylic acid groups (broad SMARTS) is 1. The lowest BCUT2D eigenvalue weighted by Gasteiger charge is -2.07. The highest BCUT2D eigenvalue weighted by Gasteiger charge is 2.24. The van der Waals surface area contributed by atoms with Crippen LogP contribution >= 0.6 is 0 Å². The van der Waals surface area contributed by atoms with Gasteiger partial charge in [0.25, 0.3) is 0 Å². The van der Waals surface area contributed by atoms with Gasteiger partial charge in [0.2, 0.25) is 5.91 Å². The number of amides is 1. The van der Waals surface area contributed by atoms with E-state index < -0.39 is 11.9 Å². The summed E-state index contributed by atoms with van der Waals surface area (Å²) in [5.74, 6) is -0.835. The summed E-state index contributed by atoms with van der Waals surface area (Å²) in [7, 11) is 0. The summed E-state index contributed by atoms with van der Waals surface area (Å²) in [5.41, 5.74) is 3.49. The van der Waals surface area contributed by atoms with Crippen LogP contribution < -0.4 is 10.7 Å². The van der Waals surface area contributed by atoms with Gasteiger partial charge in [0, 0.05) is 23.7 Å². The largest absolute Gasteiger partial charge is 0.481 e. The molecule has 29 heavy (non-hydrogen) atoms. The third kappa shape index (κ3) is 3.96. The number of carboxylic acids is 1. The van der Waals surface area contributed by atoms with E-state index in [9.17, 15) is 14.4 Å². The maximum absolute atomic E-state index is 12.9. The number of aliphatic carboxylic acids is 1. The Morgan fingerprint density at radius 3 is 2.62 bits per heavy atom. The number of rotatable bonds is 5. The Balaban J connectivity index is 1.68. The second-order valence-electron chi connectivity index (χ2n) is 6.97. The molecule has 1 aliphatic rings. The molecule has 1 aliphatic carbocycles. The van der Waals surface area contributed by atoms with Crippen LogP contribution in [0.3, 0.4) is 0 Å².